The van der Waals surface area contributed by atoms with E-state index < -0.39 is 59.3 Å². The zero-order chi connectivity index (χ0) is 32.5. The number of aliphatic hydroxyl groups excluding tert-OH is 1. The predicted molar refractivity (Wildman–Crippen MR) is 165 cm³/mol. The number of amides is 2. The second kappa shape index (κ2) is 14.4. The number of allylic oxidation sites excluding steroid dienone is 2. The van der Waals surface area contributed by atoms with Gasteiger partial charge in [0.25, 0.3) is 5.91 Å². The minimum Gasteiger partial charge on any atom is -0.508 e. The van der Waals surface area contributed by atoms with Crippen LogP contribution in [0.1, 0.15) is 49.2 Å². The molecule has 0 radical (unpaired) electrons. The van der Waals surface area contributed by atoms with Gasteiger partial charge < -0.3 is 49.7 Å². The second-order valence-electron chi connectivity index (χ2n) is 11.2. The van der Waals surface area contributed by atoms with Crippen LogP contribution in [0.15, 0.2) is 51.2 Å². The molecule has 0 unspecified atom stereocenters. The SMILES string of the molecule is CO[C@@H]1[C@@H](OC(N)=O)[C@@H](O)[C@H](Oc2ccc3c(O)c(NC(=O)c4ccc(O)c(CC=C(C)C)c4)c(=O)oc3c2C)OC1(C)C.[Ca+2]. The molecule has 3 aromatic rings. The summed E-state index contributed by atoms with van der Waals surface area (Å²) in [6.45, 7) is 8.69. The summed E-state index contributed by atoms with van der Waals surface area (Å²) in [5.41, 5.74) is 4.54. The number of benzene rings is 2. The van der Waals surface area contributed by atoms with Gasteiger partial charge in [-0.05, 0) is 76.9 Å². The molecule has 45 heavy (non-hydrogen) atoms. The monoisotopic (exact) mass is 652 g/mol. The molecule has 1 aliphatic rings. The molecule has 4 atom stereocenters. The van der Waals surface area contributed by atoms with Gasteiger partial charge in [0, 0.05) is 18.2 Å². The van der Waals surface area contributed by atoms with Gasteiger partial charge in [0.1, 0.15) is 23.2 Å². The molecule has 2 amide bonds. The summed E-state index contributed by atoms with van der Waals surface area (Å²) in [6.07, 6.45) is -3.81. The Morgan fingerprint density at radius 3 is 2.47 bits per heavy atom. The van der Waals surface area contributed by atoms with Crippen molar-refractivity contribution >= 4 is 66.4 Å². The summed E-state index contributed by atoms with van der Waals surface area (Å²) in [7, 11) is 1.37. The molecule has 6 N–H and O–H groups in total. The largest absolute Gasteiger partial charge is 2.00 e. The van der Waals surface area contributed by atoms with E-state index in [0.29, 0.717) is 12.0 Å². The van der Waals surface area contributed by atoms with Gasteiger partial charge in [0.15, 0.2) is 23.6 Å². The molecule has 1 aromatic heterocycles. The average molecular weight is 653 g/mol. The van der Waals surface area contributed by atoms with E-state index in [1.165, 1.54) is 37.4 Å². The number of ether oxygens (including phenoxy) is 4. The number of phenolic OH excluding ortho intramolecular Hbond substituents is 1. The van der Waals surface area contributed by atoms with Gasteiger partial charge in [0.05, 0.1) is 11.0 Å². The van der Waals surface area contributed by atoms with Crippen LogP contribution >= 0.6 is 0 Å². The first kappa shape index (κ1) is 36.1. The molecule has 1 saturated heterocycles. The number of aliphatic hydroxyl groups is 1. The van der Waals surface area contributed by atoms with Gasteiger partial charge in [-0.3, -0.25) is 4.79 Å². The van der Waals surface area contributed by atoms with E-state index >= 15 is 0 Å². The molecule has 0 bridgehead atoms. The molecule has 13 nitrogen and oxygen atoms in total. The molecule has 1 aliphatic heterocycles. The van der Waals surface area contributed by atoms with E-state index in [1.807, 2.05) is 19.9 Å². The summed E-state index contributed by atoms with van der Waals surface area (Å²) < 4.78 is 27.9. The number of carbonyl (C=O) groups excluding carboxylic acids is 2. The Balaban J connectivity index is 0.00000552. The summed E-state index contributed by atoms with van der Waals surface area (Å²) in [6, 6.07) is 7.12. The van der Waals surface area contributed by atoms with Crippen LogP contribution in [-0.2, 0) is 20.6 Å². The van der Waals surface area contributed by atoms with Gasteiger partial charge in [-0.15, -0.1) is 0 Å². The second-order valence-corrected chi connectivity index (χ2v) is 11.2. The molecule has 0 aliphatic carbocycles. The normalized spacial score (nSPS) is 20.5. The Morgan fingerprint density at radius 1 is 1.16 bits per heavy atom. The fourth-order valence-corrected chi connectivity index (χ4v) is 5.06. The quantitative estimate of drug-likeness (QED) is 0.136. The van der Waals surface area contributed by atoms with Crippen molar-refractivity contribution in [3.8, 4) is 17.2 Å². The topological polar surface area (TPSA) is 200 Å². The maximum absolute atomic E-state index is 13.0. The van der Waals surface area contributed by atoms with Crippen molar-refractivity contribution in [2.75, 3.05) is 12.4 Å². The molecular weight excluding hydrogens is 616 g/mol. The van der Waals surface area contributed by atoms with Crippen LogP contribution in [0.2, 0.25) is 0 Å². The molecule has 236 valence electrons. The smallest absolute Gasteiger partial charge is 0.508 e. The minimum atomic E-state index is -1.52. The van der Waals surface area contributed by atoms with E-state index in [4.69, 9.17) is 29.1 Å². The number of fused-ring (bicyclic) bond motifs is 1. The first-order chi connectivity index (χ1) is 20.6. The van der Waals surface area contributed by atoms with Crippen LogP contribution in [0.4, 0.5) is 10.5 Å². The Kier molecular flexibility index (Phi) is 11.6. The summed E-state index contributed by atoms with van der Waals surface area (Å²) in [5, 5.41) is 34.6. The van der Waals surface area contributed by atoms with Gasteiger partial charge in [-0.25, -0.2) is 9.59 Å². The van der Waals surface area contributed by atoms with Crippen molar-refractivity contribution in [2.24, 2.45) is 5.73 Å². The van der Waals surface area contributed by atoms with Crippen LogP contribution < -0.4 is 21.4 Å². The number of rotatable bonds is 8. The number of nitrogens with one attached hydrogen (secondary N) is 1. The maximum Gasteiger partial charge on any atom is 2.00 e. The number of methoxy groups -OCH3 is 1. The molecule has 2 heterocycles. The molecule has 1 fully saturated rings. The van der Waals surface area contributed by atoms with Crippen molar-refractivity contribution in [1.29, 1.82) is 0 Å². The van der Waals surface area contributed by atoms with Crippen LogP contribution in [0.5, 0.6) is 17.2 Å². The number of carbonyl (C=O) groups is 2. The number of anilines is 1. The Bertz CT molecular complexity index is 1680. The number of aryl methyl sites for hydroxylation is 1. The van der Waals surface area contributed by atoms with Crippen molar-refractivity contribution < 1.29 is 48.3 Å². The Labute approximate surface area is 288 Å². The Hall–Kier alpha value is -3.33. The van der Waals surface area contributed by atoms with Gasteiger partial charge in [0.2, 0.25) is 6.29 Å². The predicted octanol–water partition coefficient (Wildman–Crippen LogP) is 3.25. The van der Waals surface area contributed by atoms with Gasteiger partial charge in [-0.1, -0.05) is 11.6 Å². The van der Waals surface area contributed by atoms with E-state index in [9.17, 15) is 29.7 Å². The zero-order valence-electron chi connectivity index (χ0n) is 25.9. The summed E-state index contributed by atoms with van der Waals surface area (Å²) in [5.74, 6) is -1.09. The summed E-state index contributed by atoms with van der Waals surface area (Å²) >= 11 is 0. The van der Waals surface area contributed by atoms with E-state index in [1.54, 1.807) is 20.8 Å². The number of primary amides is 1. The van der Waals surface area contributed by atoms with Crippen molar-refractivity contribution in [1.82, 2.24) is 0 Å². The third kappa shape index (κ3) is 7.74. The molecule has 0 spiro atoms. The maximum atomic E-state index is 13.0. The van der Waals surface area contributed by atoms with Crippen molar-refractivity contribution in [3.05, 3.63) is 69.1 Å². The van der Waals surface area contributed by atoms with Gasteiger partial charge >= 0.3 is 49.5 Å². The standard InChI is InChI=1S/C31H36N2O11.Ca/c1-14(2)7-8-16-13-17(9-11-19(16)34)27(37)33-21-22(35)18-10-12-20(15(3)24(18)42-28(21)38)41-29-23(36)25(43-30(32)39)26(40-6)31(4,5)44-29;/h7,9-13,23,25-26,29,34-36H,8H2,1-6H3,(H2,32,39)(H,33,37);/q;+2/t23-,25+,26-,29-;/m1./s1. The summed E-state index contributed by atoms with van der Waals surface area (Å²) in [4.78, 5) is 37.5. The molecular formula is C31H36CaN2O11+2. The van der Waals surface area contributed by atoms with Crippen molar-refractivity contribution in [3.63, 3.8) is 0 Å². The van der Waals surface area contributed by atoms with E-state index in [-0.39, 0.29) is 71.3 Å². The van der Waals surface area contributed by atoms with Crippen molar-refractivity contribution in [2.45, 2.75) is 71.2 Å². The molecule has 2 aromatic carbocycles. The van der Waals surface area contributed by atoms with Crippen LogP contribution in [0, 0.1) is 6.92 Å². The third-order valence-electron chi connectivity index (χ3n) is 7.33. The number of hydrogen-bond donors (Lipinski definition) is 5. The fourth-order valence-electron chi connectivity index (χ4n) is 5.06. The Morgan fingerprint density at radius 2 is 1.84 bits per heavy atom. The van der Waals surface area contributed by atoms with Crippen LogP contribution in [0.25, 0.3) is 11.0 Å². The first-order valence-electron chi connectivity index (χ1n) is 13.7. The minimum absolute atomic E-state index is 0. The van der Waals surface area contributed by atoms with Gasteiger partial charge in [-0.2, -0.15) is 0 Å². The van der Waals surface area contributed by atoms with Crippen LogP contribution in [0.3, 0.4) is 0 Å². The average Bonchev–Trinajstić information content (AvgIpc) is 2.94. The number of hydrogen-bond acceptors (Lipinski definition) is 11. The number of phenols is 1. The third-order valence-corrected chi connectivity index (χ3v) is 7.33. The molecule has 14 heteroatoms. The zero-order valence-corrected chi connectivity index (χ0v) is 28.1. The molecule has 4 rings (SSSR count). The fraction of sp³-hybridized carbons (Fsp3) is 0.387. The number of aromatic hydroxyl groups is 2. The number of nitrogens with two attached hydrogens (primary N) is 1. The first-order valence-corrected chi connectivity index (χ1v) is 13.7. The molecule has 0 saturated carbocycles. The van der Waals surface area contributed by atoms with E-state index in [2.05, 4.69) is 5.32 Å². The van der Waals surface area contributed by atoms with E-state index in [0.717, 1.165) is 5.57 Å². The van der Waals surface area contributed by atoms with Crippen LogP contribution in [-0.4, -0.2) is 102 Å².